The number of ether oxygens (including phenoxy) is 3. The van der Waals surface area contributed by atoms with Crippen molar-refractivity contribution in [1.82, 2.24) is 5.32 Å². The molecule has 0 aliphatic heterocycles. The fourth-order valence-electron chi connectivity index (χ4n) is 3.79. The van der Waals surface area contributed by atoms with Crippen LogP contribution >= 0.6 is 0 Å². The van der Waals surface area contributed by atoms with E-state index in [9.17, 15) is 4.79 Å². The molecular weight excluding hydrogens is 450 g/mol. The van der Waals surface area contributed by atoms with Crippen molar-refractivity contribution in [3.63, 3.8) is 0 Å². The fraction of sp³-hybridized carbons (Fsp3) is 0.194. The van der Waals surface area contributed by atoms with Crippen LogP contribution in [0.15, 0.2) is 103 Å². The summed E-state index contributed by atoms with van der Waals surface area (Å²) in [5.41, 5.74) is 4.16. The maximum atomic E-state index is 12.4. The van der Waals surface area contributed by atoms with Crippen LogP contribution in [0.3, 0.4) is 0 Å². The predicted molar refractivity (Wildman–Crippen MR) is 141 cm³/mol. The van der Waals surface area contributed by atoms with E-state index in [1.165, 1.54) is 0 Å². The Labute approximate surface area is 212 Å². The molecule has 0 aliphatic rings. The first-order valence-electron chi connectivity index (χ1n) is 12.1. The molecule has 1 amide bonds. The molecule has 0 aliphatic carbocycles. The van der Waals surface area contributed by atoms with E-state index in [0.717, 1.165) is 28.0 Å². The maximum Gasteiger partial charge on any atom is 0.224 e. The average molecular weight is 482 g/mol. The van der Waals surface area contributed by atoms with Crippen molar-refractivity contribution in [2.45, 2.75) is 26.1 Å². The minimum absolute atomic E-state index is 0.0216. The molecule has 36 heavy (non-hydrogen) atoms. The lowest BCUT2D eigenvalue weighted by Gasteiger charge is -2.15. The number of rotatable bonds is 12. The highest BCUT2D eigenvalue weighted by molar-refractivity contribution is 5.78. The SMILES string of the molecule is COc1cccc(CC(=O)NCCc2ccc(OCc3ccccc3)c(OCc3ccccc3)c2)c1. The molecule has 4 aromatic carbocycles. The van der Waals surface area contributed by atoms with E-state index in [1.807, 2.05) is 103 Å². The van der Waals surface area contributed by atoms with Crippen LogP contribution in [0.1, 0.15) is 22.3 Å². The first kappa shape index (κ1) is 24.9. The third-order valence-electron chi connectivity index (χ3n) is 5.72. The fourth-order valence-corrected chi connectivity index (χ4v) is 3.79. The maximum absolute atomic E-state index is 12.4. The molecule has 0 atom stereocenters. The first-order chi connectivity index (χ1) is 17.7. The summed E-state index contributed by atoms with van der Waals surface area (Å²) in [6, 6.07) is 33.6. The van der Waals surface area contributed by atoms with Gasteiger partial charge in [0.05, 0.1) is 13.5 Å². The summed E-state index contributed by atoms with van der Waals surface area (Å²) >= 11 is 0. The van der Waals surface area contributed by atoms with E-state index in [-0.39, 0.29) is 5.91 Å². The van der Waals surface area contributed by atoms with Crippen molar-refractivity contribution in [2.75, 3.05) is 13.7 Å². The number of methoxy groups -OCH3 is 1. The zero-order chi connectivity index (χ0) is 25.0. The summed E-state index contributed by atoms with van der Waals surface area (Å²) in [7, 11) is 1.62. The summed E-state index contributed by atoms with van der Waals surface area (Å²) in [4.78, 5) is 12.4. The topological polar surface area (TPSA) is 56.8 Å². The van der Waals surface area contributed by atoms with E-state index in [4.69, 9.17) is 14.2 Å². The third-order valence-corrected chi connectivity index (χ3v) is 5.72. The van der Waals surface area contributed by atoms with Gasteiger partial charge in [0.25, 0.3) is 0 Å². The molecule has 0 fully saturated rings. The first-order valence-corrected chi connectivity index (χ1v) is 12.1. The highest BCUT2D eigenvalue weighted by Crippen LogP contribution is 2.30. The monoisotopic (exact) mass is 481 g/mol. The van der Waals surface area contributed by atoms with Gasteiger partial charge in [-0.3, -0.25) is 4.79 Å². The number of hydrogen-bond donors (Lipinski definition) is 1. The Balaban J connectivity index is 1.36. The second kappa shape index (κ2) is 13.0. The van der Waals surface area contributed by atoms with Gasteiger partial charge in [-0.2, -0.15) is 0 Å². The molecule has 0 saturated carbocycles. The van der Waals surface area contributed by atoms with Crippen LogP contribution in [-0.4, -0.2) is 19.6 Å². The Bertz CT molecular complexity index is 1240. The molecule has 4 aromatic rings. The van der Waals surface area contributed by atoms with Crippen LogP contribution < -0.4 is 19.5 Å². The molecule has 0 unspecified atom stereocenters. The Kier molecular flexibility index (Phi) is 8.98. The van der Waals surface area contributed by atoms with Gasteiger partial charge in [0.2, 0.25) is 5.91 Å². The number of amides is 1. The van der Waals surface area contributed by atoms with E-state index >= 15 is 0 Å². The second-order valence-corrected chi connectivity index (χ2v) is 8.46. The molecular formula is C31H31NO4. The Morgan fingerprint density at radius 1 is 0.667 bits per heavy atom. The summed E-state index contributed by atoms with van der Waals surface area (Å²) < 4.78 is 17.5. The lowest BCUT2D eigenvalue weighted by molar-refractivity contribution is -0.120. The van der Waals surface area contributed by atoms with Gasteiger partial charge < -0.3 is 19.5 Å². The summed E-state index contributed by atoms with van der Waals surface area (Å²) in [5, 5.41) is 3.00. The standard InChI is InChI=1S/C31H31NO4/c1-34-28-14-8-13-27(19-28)21-31(33)32-18-17-24-15-16-29(35-22-25-9-4-2-5-10-25)30(20-24)36-23-26-11-6-3-7-12-26/h2-16,19-20H,17-18,21-23H2,1H3,(H,32,33). The van der Waals surface area contributed by atoms with Crippen molar-refractivity contribution in [2.24, 2.45) is 0 Å². The van der Waals surface area contributed by atoms with Crippen molar-refractivity contribution in [1.29, 1.82) is 0 Å². The molecule has 0 radical (unpaired) electrons. The Morgan fingerprint density at radius 2 is 1.31 bits per heavy atom. The number of carbonyl (C=O) groups excluding carboxylic acids is 1. The zero-order valence-electron chi connectivity index (χ0n) is 20.5. The number of hydrogen-bond acceptors (Lipinski definition) is 4. The Morgan fingerprint density at radius 3 is 1.97 bits per heavy atom. The summed E-state index contributed by atoms with van der Waals surface area (Å²) in [6.45, 7) is 1.44. The lowest BCUT2D eigenvalue weighted by Crippen LogP contribution is -2.27. The van der Waals surface area contributed by atoms with Crippen molar-refractivity contribution in [3.8, 4) is 17.2 Å². The predicted octanol–water partition coefficient (Wildman–Crippen LogP) is 5.75. The van der Waals surface area contributed by atoms with Crippen LogP contribution in [0, 0.1) is 0 Å². The molecule has 0 aromatic heterocycles. The highest BCUT2D eigenvalue weighted by atomic mass is 16.5. The van der Waals surface area contributed by atoms with E-state index < -0.39 is 0 Å². The molecule has 0 spiro atoms. The largest absolute Gasteiger partial charge is 0.497 e. The van der Waals surface area contributed by atoms with Gasteiger partial charge in [0.15, 0.2) is 11.5 Å². The molecule has 4 rings (SSSR count). The highest BCUT2D eigenvalue weighted by Gasteiger charge is 2.10. The van der Waals surface area contributed by atoms with Crippen LogP contribution in [0.2, 0.25) is 0 Å². The van der Waals surface area contributed by atoms with Gasteiger partial charge in [-0.25, -0.2) is 0 Å². The van der Waals surface area contributed by atoms with Crippen molar-refractivity contribution in [3.05, 3.63) is 125 Å². The summed E-state index contributed by atoms with van der Waals surface area (Å²) in [6.07, 6.45) is 0.999. The van der Waals surface area contributed by atoms with E-state index in [0.29, 0.717) is 44.1 Å². The van der Waals surface area contributed by atoms with Crippen LogP contribution in [0.5, 0.6) is 17.2 Å². The average Bonchev–Trinajstić information content (AvgIpc) is 2.92. The number of nitrogens with one attached hydrogen (secondary N) is 1. The van der Waals surface area contributed by atoms with Crippen molar-refractivity contribution < 1.29 is 19.0 Å². The number of benzene rings is 4. The van der Waals surface area contributed by atoms with Crippen molar-refractivity contribution >= 4 is 5.91 Å². The van der Waals surface area contributed by atoms with Gasteiger partial charge in [0, 0.05) is 6.54 Å². The second-order valence-electron chi connectivity index (χ2n) is 8.46. The molecule has 184 valence electrons. The van der Waals surface area contributed by atoms with Gasteiger partial charge in [-0.05, 0) is 52.9 Å². The van der Waals surface area contributed by atoms with Gasteiger partial charge in [-0.1, -0.05) is 78.9 Å². The molecule has 0 saturated heterocycles. The quantitative estimate of drug-likeness (QED) is 0.280. The zero-order valence-corrected chi connectivity index (χ0v) is 20.5. The Hall–Kier alpha value is -4.25. The van der Waals surface area contributed by atoms with Gasteiger partial charge >= 0.3 is 0 Å². The van der Waals surface area contributed by atoms with Crippen LogP contribution in [-0.2, 0) is 30.8 Å². The smallest absolute Gasteiger partial charge is 0.224 e. The molecule has 5 nitrogen and oxygen atoms in total. The lowest BCUT2D eigenvalue weighted by atomic mass is 10.1. The normalized spacial score (nSPS) is 10.5. The van der Waals surface area contributed by atoms with Crippen LogP contribution in [0.25, 0.3) is 0 Å². The van der Waals surface area contributed by atoms with Gasteiger partial charge in [-0.15, -0.1) is 0 Å². The molecule has 0 bridgehead atoms. The minimum Gasteiger partial charge on any atom is -0.497 e. The third kappa shape index (κ3) is 7.64. The minimum atomic E-state index is -0.0216. The van der Waals surface area contributed by atoms with Gasteiger partial charge in [0.1, 0.15) is 19.0 Å². The number of carbonyl (C=O) groups is 1. The molecule has 1 N–H and O–H groups in total. The summed E-state index contributed by atoms with van der Waals surface area (Å²) in [5.74, 6) is 2.11. The molecule has 0 heterocycles. The van der Waals surface area contributed by atoms with E-state index in [1.54, 1.807) is 7.11 Å². The molecule has 5 heteroatoms. The van der Waals surface area contributed by atoms with Crippen LogP contribution in [0.4, 0.5) is 0 Å². The van der Waals surface area contributed by atoms with E-state index in [2.05, 4.69) is 5.32 Å².